The number of nitrogens with zero attached hydrogens (tertiary/aromatic N) is 2. The van der Waals surface area contributed by atoms with Gasteiger partial charge in [-0.25, -0.2) is 9.37 Å². The van der Waals surface area contributed by atoms with Crippen LogP contribution >= 0.6 is 0 Å². The molecule has 2 aromatic heterocycles. The van der Waals surface area contributed by atoms with E-state index < -0.39 is 35.6 Å². The molecule has 1 aliphatic heterocycles. The zero-order valence-electron chi connectivity index (χ0n) is 23.3. The summed E-state index contributed by atoms with van der Waals surface area (Å²) in [5, 5.41) is 15.5. The van der Waals surface area contributed by atoms with Crippen LogP contribution in [0.3, 0.4) is 0 Å². The van der Waals surface area contributed by atoms with E-state index in [9.17, 15) is 27.5 Å². The maximum Gasteiger partial charge on any atom is 0.414 e. The second kappa shape index (κ2) is 10.1. The Morgan fingerprint density at radius 1 is 1.11 bits per heavy atom. The zero-order valence-corrected chi connectivity index (χ0v) is 23.3. The molecular formula is C32H28F4N4O4. The van der Waals surface area contributed by atoms with Crippen molar-refractivity contribution in [3.63, 3.8) is 0 Å². The Balaban J connectivity index is 1.26. The summed E-state index contributed by atoms with van der Waals surface area (Å²) in [6.07, 6.45) is -0.208. The lowest BCUT2D eigenvalue weighted by Crippen LogP contribution is -2.52. The molecule has 0 bridgehead atoms. The predicted molar refractivity (Wildman–Crippen MR) is 151 cm³/mol. The molecule has 228 valence electrons. The molecule has 0 radical (unpaired) electrons. The van der Waals surface area contributed by atoms with Crippen LogP contribution in [0.5, 0.6) is 11.5 Å². The molecule has 1 amide bonds. The lowest BCUT2D eigenvalue weighted by atomic mass is 9.86. The number of carbonyl (C=O) groups is 1. The van der Waals surface area contributed by atoms with Gasteiger partial charge in [-0.15, -0.1) is 0 Å². The number of nitrogens with one attached hydrogen (secondary N) is 1. The van der Waals surface area contributed by atoms with Crippen LogP contribution in [-0.4, -0.2) is 46.4 Å². The van der Waals surface area contributed by atoms with E-state index >= 15 is 0 Å². The highest BCUT2D eigenvalue weighted by Crippen LogP contribution is 2.52. The second-order valence-electron chi connectivity index (χ2n) is 11.7. The molecule has 2 unspecified atom stereocenters. The Labute approximate surface area is 249 Å². The third kappa shape index (κ3) is 4.91. The first kappa shape index (κ1) is 28.5. The lowest BCUT2D eigenvalue weighted by Gasteiger charge is -2.31. The molecule has 3 aliphatic rings. The fourth-order valence-corrected chi connectivity index (χ4v) is 5.60. The first-order valence-corrected chi connectivity index (χ1v) is 14.3. The third-order valence-corrected chi connectivity index (χ3v) is 8.49. The summed E-state index contributed by atoms with van der Waals surface area (Å²) in [5.41, 5.74) is 1.91. The van der Waals surface area contributed by atoms with Crippen molar-refractivity contribution in [3.05, 3.63) is 83.4 Å². The minimum Gasteiger partial charge on any atom is -0.488 e. The number of benzene rings is 2. The van der Waals surface area contributed by atoms with Crippen LogP contribution in [0.2, 0.25) is 0 Å². The van der Waals surface area contributed by atoms with Gasteiger partial charge in [0, 0.05) is 28.3 Å². The minimum absolute atomic E-state index is 0.0108. The van der Waals surface area contributed by atoms with Gasteiger partial charge in [-0.1, -0.05) is 6.07 Å². The first-order valence-electron chi connectivity index (χ1n) is 14.3. The van der Waals surface area contributed by atoms with Crippen LogP contribution < -0.4 is 20.5 Å². The molecule has 0 spiro atoms. The fraction of sp³-hybridized carbons (Fsp3) is 0.344. The number of amides is 1. The van der Waals surface area contributed by atoms with Gasteiger partial charge in [0.15, 0.2) is 11.3 Å². The van der Waals surface area contributed by atoms with Crippen molar-refractivity contribution in [2.45, 2.75) is 49.1 Å². The number of hydrogen-bond acceptors (Lipinski definition) is 7. The van der Waals surface area contributed by atoms with Crippen LogP contribution in [0, 0.1) is 11.7 Å². The number of halogens is 4. The van der Waals surface area contributed by atoms with E-state index in [1.54, 1.807) is 24.4 Å². The molecule has 3 heterocycles. The highest BCUT2D eigenvalue weighted by molar-refractivity contribution is 6.00. The third-order valence-electron chi connectivity index (χ3n) is 8.49. The van der Waals surface area contributed by atoms with Crippen molar-refractivity contribution in [3.8, 4) is 22.8 Å². The van der Waals surface area contributed by atoms with E-state index in [-0.39, 0.29) is 52.4 Å². The average molecular weight is 609 g/mol. The second-order valence-corrected chi connectivity index (χ2v) is 11.7. The summed E-state index contributed by atoms with van der Waals surface area (Å²) >= 11 is 0. The topological polar surface area (TPSA) is 120 Å². The van der Waals surface area contributed by atoms with Crippen LogP contribution in [0.25, 0.3) is 22.2 Å². The first-order chi connectivity index (χ1) is 21.0. The number of carbonyl (C=O) groups excluding carboxylic acids is 1. The molecule has 44 heavy (non-hydrogen) atoms. The van der Waals surface area contributed by atoms with Crippen molar-refractivity contribution < 1.29 is 36.9 Å². The van der Waals surface area contributed by atoms with Crippen LogP contribution in [-0.2, 0) is 11.1 Å². The average Bonchev–Trinajstić information content (AvgIpc) is 3.94. The number of nitrogens with two attached hydrogens (primary N) is 1. The molecule has 2 aliphatic carbocycles. The van der Waals surface area contributed by atoms with E-state index in [2.05, 4.69) is 15.3 Å². The number of ether oxygens (including phenoxy) is 2. The van der Waals surface area contributed by atoms with E-state index in [1.165, 1.54) is 12.1 Å². The number of alkyl halides is 3. The van der Waals surface area contributed by atoms with Gasteiger partial charge < -0.3 is 25.6 Å². The van der Waals surface area contributed by atoms with E-state index in [4.69, 9.17) is 15.2 Å². The summed E-state index contributed by atoms with van der Waals surface area (Å²) in [6.45, 7) is -1.22. The number of aliphatic hydroxyl groups is 1. The predicted octanol–water partition coefficient (Wildman–Crippen LogP) is 5.11. The summed E-state index contributed by atoms with van der Waals surface area (Å²) < 4.78 is 68.0. The lowest BCUT2D eigenvalue weighted by molar-refractivity contribution is -0.191. The molecule has 2 aromatic carbocycles. The van der Waals surface area contributed by atoms with Crippen molar-refractivity contribution in [2.75, 3.05) is 13.2 Å². The highest BCUT2D eigenvalue weighted by Gasteiger charge is 2.59. The molecule has 2 atom stereocenters. The van der Waals surface area contributed by atoms with Gasteiger partial charge in [0.2, 0.25) is 0 Å². The molecule has 4 N–H and O–H groups in total. The Kier molecular flexibility index (Phi) is 6.56. The highest BCUT2D eigenvalue weighted by atomic mass is 19.4. The van der Waals surface area contributed by atoms with Crippen LogP contribution in [0.4, 0.5) is 17.6 Å². The van der Waals surface area contributed by atoms with E-state index in [0.717, 1.165) is 31.0 Å². The monoisotopic (exact) mass is 608 g/mol. The molecule has 4 aromatic rings. The molecule has 12 heteroatoms. The Morgan fingerprint density at radius 2 is 1.86 bits per heavy atom. The standard InChI is InChI=1S/C32H28F4N4O4/c33-21-7-3-17(4-8-21)27-28-23(31(37,16-43-28)32(34,35)36)14-25(40-27)30(42,20-5-6-20)15-39-29(41)19-12-18-2-1-11-38-26(18)24(13-19)44-22-9-10-22/h1-4,7-8,11-14,20,22,42H,5-6,9-10,15-16,37H2,(H,39,41). The molecule has 8 nitrogen and oxygen atoms in total. The fourth-order valence-electron chi connectivity index (χ4n) is 5.60. The van der Waals surface area contributed by atoms with Gasteiger partial charge in [-0.05, 0) is 80.1 Å². The normalized spacial score (nSPS) is 21.0. The van der Waals surface area contributed by atoms with Crippen LogP contribution in [0.1, 0.15) is 47.3 Å². The van der Waals surface area contributed by atoms with Crippen molar-refractivity contribution in [1.82, 2.24) is 15.3 Å². The van der Waals surface area contributed by atoms with E-state index in [1.807, 2.05) is 6.07 Å². The van der Waals surface area contributed by atoms with Gasteiger partial charge in [0.1, 0.15) is 35.0 Å². The Hall–Kier alpha value is -4.29. The zero-order chi connectivity index (χ0) is 30.9. The quantitative estimate of drug-likeness (QED) is 0.238. The number of fused-ring (bicyclic) bond motifs is 2. The Morgan fingerprint density at radius 3 is 2.55 bits per heavy atom. The van der Waals surface area contributed by atoms with Gasteiger partial charge in [0.25, 0.3) is 5.91 Å². The molecule has 2 saturated carbocycles. The number of rotatable bonds is 8. The van der Waals surface area contributed by atoms with E-state index in [0.29, 0.717) is 29.5 Å². The van der Waals surface area contributed by atoms with Crippen LogP contribution in [0.15, 0.2) is 60.8 Å². The number of aromatic nitrogens is 2. The van der Waals surface area contributed by atoms with Crippen molar-refractivity contribution in [1.29, 1.82) is 0 Å². The molecule has 7 rings (SSSR count). The SMILES string of the molecule is NC1(C(F)(F)F)COc2c1cc(C(O)(CNC(=O)c1cc(OC3CC3)c3ncccc3c1)C1CC1)nc2-c1ccc(F)cc1. The van der Waals surface area contributed by atoms with Gasteiger partial charge in [-0.3, -0.25) is 9.78 Å². The van der Waals surface area contributed by atoms with Gasteiger partial charge >= 0.3 is 6.18 Å². The Bertz CT molecular complexity index is 1780. The molecule has 2 fully saturated rings. The smallest absolute Gasteiger partial charge is 0.414 e. The summed E-state index contributed by atoms with van der Waals surface area (Å²) in [4.78, 5) is 22.4. The molecular weight excluding hydrogens is 580 g/mol. The maximum absolute atomic E-state index is 14.3. The van der Waals surface area contributed by atoms with Gasteiger partial charge in [-0.2, -0.15) is 13.2 Å². The van der Waals surface area contributed by atoms with Crippen molar-refractivity contribution in [2.24, 2.45) is 11.7 Å². The van der Waals surface area contributed by atoms with Gasteiger partial charge in [0.05, 0.1) is 18.3 Å². The number of hydrogen-bond donors (Lipinski definition) is 3. The summed E-state index contributed by atoms with van der Waals surface area (Å²) in [7, 11) is 0. The summed E-state index contributed by atoms with van der Waals surface area (Å²) in [6, 6.07) is 13.0. The minimum atomic E-state index is -4.88. The largest absolute Gasteiger partial charge is 0.488 e. The number of pyridine rings is 2. The molecule has 0 saturated heterocycles. The van der Waals surface area contributed by atoms with Crippen molar-refractivity contribution >= 4 is 16.8 Å². The maximum atomic E-state index is 14.3. The summed E-state index contributed by atoms with van der Waals surface area (Å²) in [5.74, 6) is -1.15.